The predicted molar refractivity (Wildman–Crippen MR) is 136 cm³/mol. The highest BCUT2D eigenvalue weighted by atomic mass is 32.2. The van der Waals surface area contributed by atoms with Gasteiger partial charge in [0.1, 0.15) is 16.4 Å². The molecule has 0 bridgehead atoms. The van der Waals surface area contributed by atoms with E-state index in [4.69, 9.17) is 4.74 Å². The Balaban J connectivity index is 1.54. The van der Waals surface area contributed by atoms with Crippen molar-refractivity contribution in [2.75, 3.05) is 30.2 Å². The van der Waals surface area contributed by atoms with Gasteiger partial charge in [0.25, 0.3) is 0 Å². The number of aromatic nitrogens is 1. The van der Waals surface area contributed by atoms with Crippen LogP contribution in [-0.4, -0.2) is 45.4 Å². The molecule has 34 heavy (non-hydrogen) atoms. The number of nitrogens with zero attached hydrogens (tertiary/aromatic N) is 2. The lowest BCUT2D eigenvalue weighted by Gasteiger charge is -2.19. The van der Waals surface area contributed by atoms with Crippen molar-refractivity contribution in [2.24, 2.45) is 0 Å². The maximum atomic E-state index is 13.1. The Morgan fingerprint density at radius 2 is 1.82 bits per heavy atom. The number of carbonyl (C=O) groups is 1. The fraction of sp³-hybridized carbons (Fsp3) is 0.333. The van der Waals surface area contributed by atoms with Gasteiger partial charge in [-0.25, -0.2) is 14.0 Å². The molecule has 0 radical (unpaired) electrons. The highest BCUT2D eigenvalue weighted by molar-refractivity contribution is 7.86. The fourth-order valence-electron chi connectivity index (χ4n) is 3.82. The first-order valence-electron chi connectivity index (χ1n) is 11.1. The zero-order valence-corrected chi connectivity index (χ0v) is 20.8. The average Bonchev–Trinajstić information content (AvgIpc) is 3.02. The van der Waals surface area contributed by atoms with Crippen LogP contribution in [-0.2, 0) is 11.0 Å². The monoisotopic (exact) mass is 500 g/mol. The molecule has 1 fully saturated rings. The lowest BCUT2D eigenvalue weighted by atomic mass is 10.1. The summed E-state index contributed by atoms with van der Waals surface area (Å²) in [5.41, 5.74) is 2.22. The Hall–Kier alpha value is -3.11. The lowest BCUT2D eigenvalue weighted by molar-refractivity contribution is 0.214. The molecule has 1 saturated heterocycles. The van der Waals surface area contributed by atoms with Gasteiger partial charge in [-0.1, -0.05) is 24.2 Å². The van der Waals surface area contributed by atoms with E-state index in [0.717, 1.165) is 54.9 Å². The van der Waals surface area contributed by atoms with Gasteiger partial charge < -0.3 is 19.5 Å². The molecule has 10 heteroatoms. The normalized spacial score (nSPS) is 14.8. The summed E-state index contributed by atoms with van der Waals surface area (Å²) in [5, 5.41) is 13.0. The highest BCUT2D eigenvalue weighted by Crippen LogP contribution is 2.36. The summed E-state index contributed by atoms with van der Waals surface area (Å²) >= 11 is 1.39. The summed E-state index contributed by atoms with van der Waals surface area (Å²) in [5.74, 6) is 0.625. The molecule has 2 amide bonds. The molecule has 4 rings (SSSR count). The number of thiazole rings is 1. The van der Waals surface area contributed by atoms with Crippen LogP contribution in [0.25, 0.3) is 10.4 Å². The van der Waals surface area contributed by atoms with E-state index < -0.39 is 11.0 Å². The van der Waals surface area contributed by atoms with Crippen LogP contribution in [0.4, 0.5) is 15.6 Å². The molecule has 2 heterocycles. The van der Waals surface area contributed by atoms with Crippen molar-refractivity contribution in [1.82, 2.24) is 9.88 Å². The van der Waals surface area contributed by atoms with Gasteiger partial charge in [-0.2, -0.15) is 0 Å². The first-order chi connectivity index (χ1) is 16.4. The maximum Gasteiger partial charge on any atom is 0.323 e. The minimum atomic E-state index is -1.60. The molecule has 1 aromatic heterocycles. The van der Waals surface area contributed by atoms with Crippen molar-refractivity contribution in [2.45, 2.75) is 37.5 Å². The third kappa shape index (κ3) is 5.68. The zero-order valence-electron chi connectivity index (χ0n) is 19.2. The molecular weight excluding hydrogens is 472 g/mol. The van der Waals surface area contributed by atoms with E-state index in [1.54, 1.807) is 18.2 Å². The summed E-state index contributed by atoms with van der Waals surface area (Å²) in [6.45, 7) is 3.43. The second kappa shape index (κ2) is 10.9. The highest BCUT2D eigenvalue weighted by Gasteiger charge is 2.20. The van der Waals surface area contributed by atoms with Crippen LogP contribution in [0.1, 0.15) is 31.4 Å². The SMILES string of the molecule is COc1ccc(-c2sc(NC(=O)N3CCCCCC3)nc2C)cc1S(=O)Nc1ccc(O)cc1. The van der Waals surface area contributed by atoms with E-state index in [-0.39, 0.29) is 11.8 Å². The second-order valence-electron chi connectivity index (χ2n) is 8.05. The molecule has 1 atom stereocenters. The van der Waals surface area contributed by atoms with Crippen LogP contribution in [0.2, 0.25) is 0 Å². The number of nitrogens with one attached hydrogen (secondary N) is 2. The number of aromatic hydroxyl groups is 1. The van der Waals surface area contributed by atoms with Crippen LogP contribution < -0.4 is 14.8 Å². The molecule has 0 aliphatic carbocycles. The summed E-state index contributed by atoms with van der Waals surface area (Å²) in [4.78, 5) is 20.5. The number of urea groups is 1. The number of amides is 2. The number of hydrogen-bond acceptors (Lipinski definition) is 6. The summed E-state index contributed by atoms with van der Waals surface area (Å²) < 4.78 is 21.4. The van der Waals surface area contributed by atoms with Gasteiger partial charge in [-0.3, -0.25) is 5.32 Å². The fourth-order valence-corrected chi connectivity index (χ4v) is 5.80. The number of ether oxygens (including phenoxy) is 1. The van der Waals surface area contributed by atoms with Crippen molar-refractivity contribution in [3.05, 3.63) is 48.2 Å². The number of rotatable bonds is 6. The second-order valence-corrected chi connectivity index (χ2v) is 10.2. The van der Waals surface area contributed by atoms with Crippen molar-refractivity contribution >= 4 is 39.2 Å². The van der Waals surface area contributed by atoms with E-state index in [1.807, 2.05) is 24.0 Å². The van der Waals surface area contributed by atoms with Crippen molar-refractivity contribution in [3.8, 4) is 21.9 Å². The van der Waals surface area contributed by atoms with E-state index in [0.29, 0.717) is 21.5 Å². The lowest BCUT2D eigenvalue weighted by Crippen LogP contribution is -2.35. The first kappa shape index (κ1) is 24.0. The van der Waals surface area contributed by atoms with E-state index in [9.17, 15) is 14.1 Å². The molecule has 180 valence electrons. The molecule has 1 aliphatic heterocycles. The minimum absolute atomic E-state index is 0.114. The quantitative estimate of drug-likeness (QED) is 0.395. The van der Waals surface area contributed by atoms with Gasteiger partial charge in [0.15, 0.2) is 16.1 Å². The first-order valence-corrected chi connectivity index (χ1v) is 13.1. The predicted octanol–water partition coefficient (Wildman–Crippen LogP) is 5.38. The Kier molecular flexibility index (Phi) is 7.69. The Morgan fingerprint density at radius 1 is 1.12 bits per heavy atom. The van der Waals surface area contributed by atoms with Gasteiger partial charge in [0.05, 0.1) is 17.7 Å². The number of carbonyl (C=O) groups excluding carboxylic acids is 1. The summed E-state index contributed by atoms with van der Waals surface area (Å²) in [6.07, 6.45) is 4.37. The van der Waals surface area contributed by atoms with Crippen molar-refractivity contribution in [3.63, 3.8) is 0 Å². The number of hydrogen-bond donors (Lipinski definition) is 3. The van der Waals surface area contributed by atoms with E-state index in [2.05, 4.69) is 15.0 Å². The van der Waals surface area contributed by atoms with Gasteiger partial charge in [0, 0.05) is 18.8 Å². The molecule has 1 aliphatic rings. The van der Waals surface area contributed by atoms with Crippen LogP contribution >= 0.6 is 11.3 Å². The van der Waals surface area contributed by atoms with Crippen LogP contribution in [0, 0.1) is 6.92 Å². The van der Waals surface area contributed by atoms with Crippen LogP contribution in [0.3, 0.4) is 0 Å². The third-order valence-electron chi connectivity index (χ3n) is 5.61. The van der Waals surface area contributed by atoms with Crippen molar-refractivity contribution < 1.29 is 18.8 Å². The third-order valence-corrected chi connectivity index (χ3v) is 7.87. The topological polar surface area (TPSA) is 104 Å². The number of anilines is 2. The number of likely N-dealkylation sites (tertiary alicyclic amines) is 1. The van der Waals surface area contributed by atoms with Gasteiger partial charge in [-0.15, -0.1) is 0 Å². The smallest absolute Gasteiger partial charge is 0.323 e. The number of aryl methyl sites for hydroxylation is 1. The van der Waals surface area contributed by atoms with Crippen LogP contribution in [0.15, 0.2) is 47.4 Å². The minimum Gasteiger partial charge on any atom is -0.508 e. The Morgan fingerprint density at radius 3 is 2.50 bits per heavy atom. The van der Waals surface area contributed by atoms with Gasteiger partial charge in [0.2, 0.25) is 0 Å². The standard InChI is InChI=1S/C24H28N4O4S2/c1-16-22(33-23(25-16)26-24(30)28-13-5-3-4-6-14-28)17-7-12-20(32-2)21(15-17)34(31)27-18-8-10-19(29)11-9-18/h7-12,15,27,29H,3-6,13-14H2,1-2H3,(H,25,26,30). The molecule has 3 aromatic rings. The van der Waals surface area contributed by atoms with Gasteiger partial charge >= 0.3 is 6.03 Å². The number of phenolic OH excluding ortho intramolecular Hbond substituents is 1. The largest absolute Gasteiger partial charge is 0.508 e. The van der Waals surface area contributed by atoms with Crippen LogP contribution in [0.5, 0.6) is 11.5 Å². The summed E-state index contributed by atoms with van der Waals surface area (Å²) in [6, 6.07) is 11.7. The Bertz CT molecular complexity index is 1170. The molecule has 0 spiro atoms. The Labute approximate surface area is 205 Å². The van der Waals surface area contributed by atoms with E-state index >= 15 is 0 Å². The number of methoxy groups -OCH3 is 1. The van der Waals surface area contributed by atoms with Crippen molar-refractivity contribution in [1.29, 1.82) is 0 Å². The molecular formula is C24H28N4O4S2. The van der Waals surface area contributed by atoms with Gasteiger partial charge in [-0.05, 0) is 67.8 Å². The molecule has 0 saturated carbocycles. The average molecular weight is 501 g/mol. The number of benzene rings is 2. The molecule has 1 unspecified atom stereocenters. The maximum absolute atomic E-state index is 13.1. The zero-order chi connectivity index (χ0) is 24.1. The summed E-state index contributed by atoms with van der Waals surface area (Å²) in [7, 11) is -0.0669. The molecule has 2 aromatic carbocycles. The van der Waals surface area contributed by atoms with E-state index in [1.165, 1.54) is 30.6 Å². The molecule has 3 N–H and O–H groups in total. The number of phenols is 1. The molecule has 8 nitrogen and oxygen atoms in total.